The summed E-state index contributed by atoms with van der Waals surface area (Å²) < 4.78 is 0. The van der Waals surface area contributed by atoms with Gasteiger partial charge in [0.1, 0.15) is 0 Å². The predicted octanol–water partition coefficient (Wildman–Crippen LogP) is 4.22. The van der Waals surface area contributed by atoms with Gasteiger partial charge < -0.3 is 21.7 Å². The van der Waals surface area contributed by atoms with Crippen LogP contribution in [-0.4, -0.2) is 48.0 Å². The molecule has 5 rings (SSSR count). The van der Waals surface area contributed by atoms with Crippen molar-refractivity contribution in [3.05, 3.63) is 83.7 Å². The van der Waals surface area contributed by atoms with Crippen LogP contribution in [0, 0.1) is 5.92 Å². The molecule has 1 saturated carbocycles. The molecule has 0 radical (unpaired) electrons. The third-order valence-electron chi connectivity index (χ3n) is 7.82. The van der Waals surface area contributed by atoms with Crippen LogP contribution in [0.1, 0.15) is 53.1 Å². The maximum atomic E-state index is 12.0. The van der Waals surface area contributed by atoms with E-state index in [2.05, 4.69) is 27.3 Å². The number of piperidine rings is 1. The van der Waals surface area contributed by atoms with E-state index in [1.54, 1.807) is 0 Å². The van der Waals surface area contributed by atoms with Crippen LogP contribution in [-0.2, 0) is 6.42 Å². The van der Waals surface area contributed by atoms with Crippen LogP contribution >= 0.6 is 0 Å². The Bertz CT molecular complexity index is 1170. The van der Waals surface area contributed by atoms with E-state index < -0.39 is 5.91 Å². The molecule has 2 aromatic carbocycles. The quantitative estimate of drug-likeness (QED) is 0.375. The van der Waals surface area contributed by atoms with Crippen LogP contribution in [0.4, 0.5) is 5.69 Å². The Kier molecular flexibility index (Phi) is 7.63. The minimum Gasteiger partial charge on any atom is -0.398 e. The molecule has 6 heteroatoms. The Balaban J connectivity index is 1.06. The second-order valence-electron chi connectivity index (χ2n) is 10.4. The van der Waals surface area contributed by atoms with E-state index in [9.17, 15) is 4.79 Å². The first kappa shape index (κ1) is 24.5. The number of rotatable bonds is 10. The van der Waals surface area contributed by atoms with E-state index in [0.717, 1.165) is 43.0 Å². The van der Waals surface area contributed by atoms with E-state index in [4.69, 9.17) is 11.5 Å². The maximum Gasteiger partial charge on any atom is 0.249 e. The molecular formula is C30H37N5O. The fourth-order valence-corrected chi connectivity index (χ4v) is 5.55. The summed E-state index contributed by atoms with van der Waals surface area (Å²) in [6.45, 7) is 4.59. The lowest BCUT2D eigenvalue weighted by Gasteiger charge is -2.32. The van der Waals surface area contributed by atoms with Crippen LogP contribution in [0.5, 0.6) is 0 Å². The van der Waals surface area contributed by atoms with Gasteiger partial charge in [-0.2, -0.15) is 0 Å². The van der Waals surface area contributed by atoms with Crippen molar-refractivity contribution in [2.45, 2.75) is 44.1 Å². The van der Waals surface area contributed by atoms with Crippen molar-refractivity contribution >= 4 is 11.6 Å². The number of primary amides is 1. The molecule has 1 amide bonds. The molecule has 2 unspecified atom stereocenters. The number of aryl methyl sites for hydroxylation is 1. The normalized spacial score (nSPS) is 20.3. The number of nitrogens with zero attached hydrogens (tertiary/aromatic N) is 2. The molecule has 0 bridgehead atoms. The van der Waals surface area contributed by atoms with Crippen LogP contribution in [0.25, 0.3) is 11.1 Å². The van der Waals surface area contributed by atoms with Crippen LogP contribution in [0.15, 0.2) is 67.0 Å². The number of nitrogens with two attached hydrogens (primary N) is 2. The molecule has 0 spiro atoms. The monoisotopic (exact) mass is 483 g/mol. The number of likely N-dealkylation sites (tertiary alicyclic amines) is 1. The van der Waals surface area contributed by atoms with Gasteiger partial charge in [-0.15, -0.1) is 0 Å². The van der Waals surface area contributed by atoms with E-state index in [1.165, 1.54) is 43.5 Å². The number of carbonyl (C=O) groups is 1. The minimum absolute atomic E-state index is 0.425. The zero-order valence-electron chi connectivity index (χ0n) is 20.9. The maximum absolute atomic E-state index is 12.0. The number of pyridine rings is 1. The van der Waals surface area contributed by atoms with Crippen molar-refractivity contribution in [3.63, 3.8) is 0 Å². The highest BCUT2D eigenvalue weighted by molar-refractivity contribution is 6.01. The van der Waals surface area contributed by atoms with E-state index in [0.29, 0.717) is 23.2 Å². The summed E-state index contributed by atoms with van der Waals surface area (Å²) in [5, 5.41) is 3.80. The van der Waals surface area contributed by atoms with Crippen molar-refractivity contribution < 1.29 is 4.79 Å². The summed E-state index contributed by atoms with van der Waals surface area (Å²) >= 11 is 0. The number of carbonyl (C=O) groups excluding carboxylic acids is 1. The fraction of sp³-hybridized carbons (Fsp3) is 0.400. The number of nitrogen functional groups attached to an aromatic ring is 1. The first-order valence-electron chi connectivity index (χ1n) is 13.2. The number of aromatic nitrogens is 1. The number of nitrogens with one attached hydrogen (secondary N) is 1. The average molecular weight is 484 g/mol. The second kappa shape index (κ2) is 11.2. The van der Waals surface area contributed by atoms with Gasteiger partial charge in [-0.1, -0.05) is 36.4 Å². The SMILES string of the molecule is NC(=O)c1ccc(CCCN2CCC(CNC3CC3c3cccnc3)CC2)cc1-c1ccccc1N. The predicted molar refractivity (Wildman–Crippen MR) is 146 cm³/mol. The van der Waals surface area contributed by atoms with Gasteiger partial charge in [-0.25, -0.2) is 0 Å². The standard InChI is InChI=1S/C30H37N5O/c31-28-8-2-1-7-24(28)27-17-21(9-10-25(27)30(32)36)5-4-14-35-15-11-22(12-16-35)19-34-29-18-26(29)23-6-3-13-33-20-23/h1-3,6-10,13,17,20,22,26,29,34H,4-5,11-12,14-16,18-19,31H2,(H2,32,36). The number of hydrogen-bond acceptors (Lipinski definition) is 5. The Labute approximate surface area is 214 Å². The molecule has 1 aliphatic carbocycles. The summed E-state index contributed by atoms with van der Waals surface area (Å²) in [5.74, 6) is 0.998. The van der Waals surface area contributed by atoms with E-state index in [1.807, 2.05) is 54.9 Å². The van der Waals surface area contributed by atoms with Crippen LogP contribution < -0.4 is 16.8 Å². The van der Waals surface area contributed by atoms with Crippen molar-refractivity contribution in [3.8, 4) is 11.1 Å². The molecule has 1 saturated heterocycles. The summed E-state index contributed by atoms with van der Waals surface area (Å²) in [4.78, 5) is 18.9. The molecule has 1 aliphatic heterocycles. The van der Waals surface area contributed by atoms with Crippen LogP contribution in [0.3, 0.4) is 0 Å². The smallest absolute Gasteiger partial charge is 0.249 e. The third-order valence-corrected chi connectivity index (χ3v) is 7.82. The lowest BCUT2D eigenvalue weighted by molar-refractivity contribution is 0.100. The highest BCUT2D eigenvalue weighted by Crippen LogP contribution is 2.40. The zero-order valence-corrected chi connectivity index (χ0v) is 20.9. The summed E-state index contributed by atoms with van der Waals surface area (Å²) in [6, 6.07) is 18.5. The molecule has 36 heavy (non-hydrogen) atoms. The topological polar surface area (TPSA) is 97.3 Å². The average Bonchev–Trinajstić information content (AvgIpc) is 3.69. The molecule has 1 aromatic heterocycles. The number of hydrogen-bond donors (Lipinski definition) is 3. The lowest BCUT2D eigenvalue weighted by atomic mass is 9.94. The van der Waals surface area contributed by atoms with Crippen molar-refractivity contribution in [2.75, 3.05) is 31.9 Å². The lowest BCUT2D eigenvalue weighted by Crippen LogP contribution is -2.38. The molecule has 3 aromatic rings. The molecule has 2 fully saturated rings. The number of benzene rings is 2. The number of para-hydroxylation sites is 1. The molecular weight excluding hydrogens is 446 g/mol. The van der Waals surface area contributed by atoms with E-state index >= 15 is 0 Å². The van der Waals surface area contributed by atoms with Gasteiger partial charge in [0.2, 0.25) is 5.91 Å². The van der Waals surface area contributed by atoms with Gasteiger partial charge in [-0.3, -0.25) is 9.78 Å². The molecule has 2 atom stereocenters. The summed E-state index contributed by atoms with van der Waals surface area (Å²) in [5.41, 5.74) is 17.3. The van der Waals surface area contributed by atoms with Crippen molar-refractivity contribution in [1.29, 1.82) is 0 Å². The molecule has 188 valence electrons. The Morgan fingerprint density at radius 1 is 1.06 bits per heavy atom. The van der Waals surface area contributed by atoms with Gasteiger partial charge in [0.25, 0.3) is 0 Å². The molecule has 2 aliphatic rings. The summed E-state index contributed by atoms with van der Waals surface area (Å²) in [7, 11) is 0. The van der Waals surface area contributed by atoms with Crippen molar-refractivity contribution in [1.82, 2.24) is 15.2 Å². The van der Waals surface area contributed by atoms with Gasteiger partial charge in [-0.05, 0) is 99.1 Å². The zero-order chi connectivity index (χ0) is 24.9. The number of amides is 1. The first-order chi connectivity index (χ1) is 17.6. The molecule has 2 heterocycles. The summed E-state index contributed by atoms with van der Waals surface area (Å²) in [6.07, 6.45) is 9.69. The Morgan fingerprint density at radius 2 is 1.89 bits per heavy atom. The van der Waals surface area contributed by atoms with Gasteiger partial charge >= 0.3 is 0 Å². The Morgan fingerprint density at radius 3 is 2.64 bits per heavy atom. The minimum atomic E-state index is -0.425. The van der Waals surface area contributed by atoms with Gasteiger partial charge in [0, 0.05) is 41.2 Å². The van der Waals surface area contributed by atoms with E-state index in [-0.39, 0.29) is 0 Å². The van der Waals surface area contributed by atoms with Crippen molar-refractivity contribution in [2.24, 2.45) is 11.7 Å². The van der Waals surface area contributed by atoms with Crippen LogP contribution in [0.2, 0.25) is 0 Å². The first-order valence-corrected chi connectivity index (χ1v) is 13.2. The highest BCUT2D eigenvalue weighted by Gasteiger charge is 2.38. The van der Waals surface area contributed by atoms with Gasteiger partial charge in [0.15, 0.2) is 0 Å². The molecule has 6 nitrogen and oxygen atoms in total. The number of anilines is 1. The fourth-order valence-electron chi connectivity index (χ4n) is 5.55. The largest absolute Gasteiger partial charge is 0.398 e. The van der Waals surface area contributed by atoms with Gasteiger partial charge in [0.05, 0.1) is 0 Å². The Hall–Kier alpha value is -3.22. The highest BCUT2D eigenvalue weighted by atomic mass is 16.1. The molecule has 5 N–H and O–H groups in total. The third kappa shape index (κ3) is 5.94. The second-order valence-corrected chi connectivity index (χ2v) is 10.4.